The Bertz CT molecular complexity index is 1420. The highest BCUT2D eigenvalue weighted by Crippen LogP contribution is 2.51. The molecule has 0 bridgehead atoms. The Balaban J connectivity index is 1.12. The van der Waals surface area contributed by atoms with Crippen LogP contribution in [-0.2, 0) is 4.79 Å². The lowest BCUT2D eigenvalue weighted by atomic mass is 9.77. The molecule has 1 aromatic carbocycles. The highest BCUT2D eigenvalue weighted by Gasteiger charge is 2.53. The molecule has 2 aliphatic rings. The van der Waals surface area contributed by atoms with Crippen LogP contribution in [0.1, 0.15) is 37.7 Å². The molecular formula is C29H29N5O3. The van der Waals surface area contributed by atoms with Gasteiger partial charge in [-0.25, -0.2) is 19.9 Å². The van der Waals surface area contributed by atoms with Crippen LogP contribution in [0.25, 0.3) is 34.0 Å². The Kier molecular flexibility index (Phi) is 5.94. The standard InChI is InChI=1S/C29H29N5O3/c1-18-12-25(37-17-29(10-11-29)26(35)20-4-3-5-20)30-15-23(18)21-13-31-27(32-14-21)28-33-16-24(34-28)19-6-8-22(36-2)9-7-19/h6-9,12-16,20H,3-5,10-11,17H2,1-2H3,(H,33,34). The van der Waals surface area contributed by atoms with E-state index in [0.717, 1.165) is 59.4 Å². The van der Waals surface area contributed by atoms with Gasteiger partial charge in [-0.3, -0.25) is 4.79 Å². The van der Waals surface area contributed by atoms with Crippen LogP contribution >= 0.6 is 0 Å². The van der Waals surface area contributed by atoms with Crippen LogP contribution in [-0.4, -0.2) is 44.4 Å². The van der Waals surface area contributed by atoms with Crippen molar-refractivity contribution in [1.82, 2.24) is 24.9 Å². The Hall–Kier alpha value is -4.07. The number of ketones is 1. The van der Waals surface area contributed by atoms with Gasteiger partial charge in [-0.1, -0.05) is 6.42 Å². The first-order valence-electron chi connectivity index (χ1n) is 12.7. The van der Waals surface area contributed by atoms with E-state index in [2.05, 4.69) is 24.9 Å². The highest BCUT2D eigenvalue weighted by atomic mass is 16.5. The molecule has 4 aromatic rings. The highest BCUT2D eigenvalue weighted by molar-refractivity contribution is 5.90. The minimum Gasteiger partial charge on any atom is -0.497 e. The smallest absolute Gasteiger partial charge is 0.213 e. The average Bonchev–Trinajstić information content (AvgIpc) is 3.54. The van der Waals surface area contributed by atoms with Crippen LogP contribution in [0.15, 0.2) is 55.1 Å². The van der Waals surface area contributed by atoms with Crippen molar-refractivity contribution >= 4 is 5.78 Å². The maximum atomic E-state index is 12.7. The largest absolute Gasteiger partial charge is 0.497 e. The summed E-state index contributed by atoms with van der Waals surface area (Å²) in [5.74, 6) is 3.12. The van der Waals surface area contributed by atoms with Crippen molar-refractivity contribution in [1.29, 1.82) is 0 Å². The van der Waals surface area contributed by atoms with Gasteiger partial charge < -0.3 is 14.5 Å². The van der Waals surface area contributed by atoms with Crippen molar-refractivity contribution in [3.63, 3.8) is 0 Å². The number of hydrogen-bond donors (Lipinski definition) is 1. The summed E-state index contributed by atoms with van der Waals surface area (Å²) in [7, 11) is 1.65. The number of ether oxygens (including phenoxy) is 2. The lowest BCUT2D eigenvalue weighted by Gasteiger charge is -2.28. The molecular weight excluding hydrogens is 466 g/mol. The summed E-state index contributed by atoms with van der Waals surface area (Å²) in [5, 5.41) is 0. The summed E-state index contributed by atoms with van der Waals surface area (Å²) < 4.78 is 11.2. The summed E-state index contributed by atoms with van der Waals surface area (Å²) >= 11 is 0. The molecule has 3 aromatic heterocycles. The minimum absolute atomic E-state index is 0.251. The monoisotopic (exact) mass is 495 g/mol. The zero-order chi connectivity index (χ0) is 25.4. The topological polar surface area (TPSA) is 103 Å². The average molecular weight is 496 g/mol. The van der Waals surface area contributed by atoms with E-state index in [-0.39, 0.29) is 11.3 Å². The molecule has 8 heteroatoms. The molecule has 3 heterocycles. The number of methoxy groups -OCH3 is 1. The number of Topliss-reactive ketones (excluding diaryl/α,β-unsaturated/α-hetero) is 1. The van der Waals surface area contributed by atoms with Crippen LogP contribution in [0.4, 0.5) is 0 Å². The summed E-state index contributed by atoms with van der Waals surface area (Å²) in [5.41, 5.74) is 4.41. The molecule has 2 aliphatic carbocycles. The van der Waals surface area contributed by atoms with Crippen LogP contribution in [0.2, 0.25) is 0 Å². The maximum absolute atomic E-state index is 12.7. The number of rotatable bonds is 9. The van der Waals surface area contributed by atoms with Crippen LogP contribution in [0.5, 0.6) is 11.6 Å². The number of carbonyl (C=O) groups is 1. The second-order valence-electron chi connectivity index (χ2n) is 10.1. The van der Waals surface area contributed by atoms with E-state index in [1.807, 2.05) is 37.3 Å². The predicted molar refractivity (Wildman–Crippen MR) is 139 cm³/mol. The third kappa shape index (κ3) is 4.59. The molecule has 2 fully saturated rings. The molecule has 188 valence electrons. The number of aryl methyl sites for hydroxylation is 1. The fourth-order valence-corrected chi connectivity index (χ4v) is 4.78. The number of carbonyl (C=O) groups excluding carboxylic acids is 1. The third-order valence-corrected chi connectivity index (χ3v) is 7.59. The van der Waals surface area contributed by atoms with Gasteiger partial charge in [0.05, 0.1) is 24.4 Å². The predicted octanol–water partition coefficient (Wildman–Crippen LogP) is 5.44. The van der Waals surface area contributed by atoms with E-state index in [0.29, 0.717) is 29.9 Å². The Morgan fingerprint density at radius 3 is 2.38 bits per heavy atom. The van der Waals surface area contributed by atoms with Gasteiger partial charge >= 0.3 is 0 Å². The lowest BCUT2D eigenvalue weighted by molar-refractivity contribution is -0.131. The zero-order valence-electron chi connectivity index (χ0n) is 21.0. The van der Waals surface area contributed by atoms with E-state index in [4.69, 9.17) is 9.47 Å². The molecule has 8 nitrogen and oxygen atoms in total. The van der Waals surface area contributed by atoms with Crippen molar-refractivity contribution in [2.24, 2.45) is 11.3 Å². The lowest BCUT2D eigenvalue weighted by Crippen LogP contribution is -2.33. The van der Waals surface area contributed by atoms with E-state index in [1.165, 1.54) is 6.42 Å². The number of hydrogen-bond acceptors (Lipinski definition) is 7. The number of nitrogens with zero attached hydrogens (tertiary/aromatic N) is 4. The van der Waals surface area contributed by atoms with Crippen molar-refractivity contribution < 1.29 is 14.3 Å². The van der Waals surface area contributed by atoms with Gasteiger partial charge in [-0.05, 0) is 68.0 Å². The van der Waals surface area contributed by atoms with Gasteiger partial charge in [-0.2, -0.15) is 0 Å². The van der Waals surface area contributed by atoms with Gasteiger partial charge in [0, 0.05) is 41.7 Å². The number of imidazole rings is 1. The first-order chi connectivity index (χ1) is 18.0. The number of benzene rings is 1. The van der Waals surface area contributed by atoms with E-state index >= 15 is 0 Å². The first-order valence-corrected chi connectivity index (χ1v) is 12.7. The number of H-pyrrole nitrogens is 1. The molecule has 1 N–H and O–H groups in total. The van der Waals surface area contributed by atoms with Crippen LogP contribution in [0.3, 0.4) is 0 Å². The fraction of sp³-hybridized carbons (Fsp3) is 0.345. The summed E-state index contributed by atoms with van der Waals surface area (Å²) in [6.07, 6.45) is 12.2. The van der Waals surface area contributed by atoms with E-state index < -0.39 is 0 Å². The van der Waals surface area contributed by atoms with Crippen molar-refractivity contribution in [2.45, 2.75) is 39.0 Å². The normalized spacial score (nSPS) is 16.2. The Morgan fingerprint density at radius 1 is 1.00 bits per heavy atom. The zero-order valence-corrected chi connectivity index (χ0v) is 21.0. The van der Waals surface area contributed by atoms with Gasteiger partial charge in [0.25, 0.3) is 0 Å². The fourth-order valence-electron chi connectivity index (χ4n) is 4.78. The molecule has 2 saturated carbocycles. The van der Waals surface area contributed by atoms with Gasteiger partial charge in [0.2, 0.25) is 5.88 Å². The molecule has 0 saturated heterocycles. The minimum atomic E-state index is -0.276. The number of aromatic amines is 1. The first kappa shape index (κ1) is 23.3. The molecule has 0 atom stereocenters. The number of nitrogens with one attached hydrogen (secondary N) is 1. The summed E-state index contributed by atoms with van der Waals surface area (Å²) in [6, 6.07) is 9.68. The van der Waals surface area contributed by atoms with Crippen LogP contribution < -0.4 is 9.47 Å². The molecule has 0 unspecified atom stereocenters. The van der Waals surface area contributed by atoms with Gasteiger partial charge in [0.15, 0.2) is 11.6 Å². The number of pyridine rings is 1. The second kappa shape index (κ2) is 9.42. The Labute approximate surface area is 215 Å². The van der Waals surface area contributed by atoms with Crippen molar-refractivity contribution in [2.75, 3.05) is 13.7 Å². The molecule has 0 spiro atoms. The maximum Gasteiger partial charge on any atom is 0.213 e. The third-order valence-electron chi connectivity index (χ3n) is 7.59. The van der Waals surface area contributed by atoms with Crippen LogP contribution in [0, 0.1) is 18.3 Å². The molecule has 6 rings (SSSR count). The molecule has 0 radical (unpaired) electrons. The summed E-state index contributed by atoms with van der Waals surface area (Å²) in [4.78, 5) is 34.0. The van der Waals surface area contributed by atoms with Crippen molar-refractivity contribution in [3.05, 3.63) is 60.7 Å². The molecule has 37 heavy (non-hydrogen) atoms. The van der Waals surface area contributed by atoms with Crippen molar-refractivity contribution in [3.8, 4) is 45.7 Å². The van der Waals surface area contributed by atoms with Gasteiger partial charge in [0.1, 0.15) is 18.1 Å². The van der Waals surface area contributed by atoms with E-state index in [9.17, 15) is 4.79 Å². The Morgan fingerprint density at radius 2 is 1.76 bits per heavy atom. The molecule has 0 amide bonds. The molecule has 0 aliphatic heterocycles. The second-order valence-corrected chi connectivity index (χ2v) is 10.1. The number of aromatic nitrogens is 5. The van der Waals surface area contributed by atoms with Gasteiger partial charge in [-0.15, -0.1) is 0 Å². The SMILES string of the molecule is COc1ccc(-c2cnc(-c3ncc(-c4cnc(OCC5(C(=O)C6CCC6)CC5)cc4C)cn3)[nH]2)cc1. The summed E-state index contributed by atoms with van der Waals surface area (Å²) in [6.45, 7) is 2.44. The van der Waals surface area contributed by atoms with E-state index in [1.54, 1.807) is 31.9 Å². The quantitative estimate of drug-likeness (QED) is 0.330.